The molecule has 1 fully saturated rings. The van der Waals surface area contributed by atoms with Gasteiger partial charge in [0.15, 0.2) is 0 Å². The molecule has 0 bridgehead atoms. The Morgan fingerprint density at radius 1 is 1.43 bits per heavy atom. The van der Waals surface area contributed by atoms with Gasteiger partial charge in [-0.3, -0.25) is 0 Å². The Morgan fingerprint density at radius 2 is 2.29 bits per heavy atom. The zero-order valence-electron chi connectivity index (χ0n) is 7.89. The summed E-state index contributed by atoms with van der Waals surface area (Å²) in [5.41, 5.74) is 0. The lowest BCUT2D eigenvalue weighted by molar-refractivity contribution is -0.131. The quantitative estimate of drug-likeness (QED) is 0.540. The first-order valence-electron chi connectivity index (χ1n) is 4.54. The molecular formula is C10H14O4. The van der Waals surface area contributed by atoms with Crippen molar-refractivity contribution in [2.75, 3.05) is 19.8 Å². The molecule has 78 valence electrons. The molecule has 14 heavy (non-hydrogen) atoms. The Kier molecular flexibility index (Phi) is 4.96. The van der Waals surface area contributed by atoms with E-state index in [1.54, 1.807) is 6.08 Å². The summed E-state index contributed by atoms with van der Waals surface area (Å²) in [6, 6.07) is 0. The predicted octanol–water partition coefficient (Wildman–Crippen LogP) is 0.989. The van der Waals surface area contributed by atoms with Crippen molar-refractivity contribution in [2.24, 2.45) is 0 Å². The van der Waals surface area contributed by atoms with Crippen LogP contribution < -0.4 is 0 Å². The lowest BCUT2D eigenvalue weighted by Crippen LogP contribution is -2.27. The molecule has 1 atom stereocenters. The van der Waals surface area contributed by atoms with Gasteiger partial charge in [0.2, 0.25) is 0 Å². The normalized spacial score (nSPS) is 23.3. The van der Waals surface area contributed by atoms with E-state index in [9.17, 15) is 4.79 Å². The van der Waals surface area contributed by atoms with Gasteiger partial charge in [-0.05, 0) is 6.42 Å². The first-order chi connectivity index (χ1) is 6.79. The van der Waals surface area contributed by atoms with E-state index in [4.69, 9.17) is 14.6 Å². The van der Waals surface area contributed by atoms with Gasteiger partial charge in [0.25, 0.3) is 0 Å². The summed E-state index contributed by atoms with van der Waals surface area (Å²) in [6.07, 6.45) is 7.02. The number of carboxylic acid groups (broad SMARTS) is 1. The van der Waals surface area contributed by atoms with Crippen LogP contribution in [0.5, 0.6) is 0 Å². The van der Waals surface area contributed by atoms with Gasteiger partial charge in [-0.25, -0.2) is 4.79 Å². The second kappa shape index (κ2) is 6.34. The minimum absolute atomic E-state index is 0.109. The molecule has 0 saturated carbocycles. The molecule has 1 aliphatic rings. The molecule has 0 spiro atoms. The molecular weight excluding hydrogens is 184 g/mol. The largest absolute Gasteiger partial charge is 0.478 e. The fourth-order valence-electron chi connectivity index (χ4n) is 1.12. The van der Waals surface area contributed by atoms with E-state index >= 15 is 0 Å². The van der Waals surface area contributed by atoms with Crippen LogP contribution in [0.3, 0.4) is 0 Å². The van der Waals surface area contributed by atoms with Crippen LogP contribution in [0.25, 0.3) is 0 Å². The summed E-state index contributed by atoms with van der Waals surface area (Å²) in [5, 5.41) is 8.30. The van der Waals surface area contributed by atoms with Gasteiger partial charge in [0.1, 0.15) is 0 Å². The average molecular weight is 198 g/mol. The summed E-state index contributed by atoms with van der Waals surface area (Å²) in [4.78, 5) is 10.1. The van der Waals surface area contributed by atoms with Gasteiger partial charge in [-0.15, -0.1) is 0 Å². The first kappa shape index (κ1) is 10.9. The highest BCUT2D eigenvalue weighted by Gasteiger charge is 2.11. The smallest absolute Gasteiger partial charge is 0.328 e. The Morgan fingerprint density at radius 3 is 2.93 bits per heavy atom. The minimum atomic E-state index is -0.938. The van der Waals surface area contributed by atoms with E-state index in [1.165, 1.54) is 6.08 Å². The Hall–Kier alpha value is -1.13. The average Bonchev–Trinajstić information content (AvgIpc) is 2.18. The summed E-state index contributed by atoms with van der Waals surface area (Å²) >= 11 is 0. The highest BCUT2D eigenvalue weighted by Crippen LogP contribution is 2.05. The molecule has 0 aromatic carbocycles. The van der Waals surface area contributed by atoms with Crippen molar-refractivity contribution in [3.05, 3.63) is 24.3 Å². The molecule has 0 aliphatic carbocycles. The fourth-order valence-corrected chi connectivity index (χ4v) is 1.12. The van der Waals surface area contributed by atoms with Gasteiger partial charge < -0.3 is 14.6 Å². The van der Waals surface area contributed by atoms with Crippen molar-refractivity contribution < 1.29 is 19.4 Å². The third-order valence-corrected chi connectivity index (χ3v) is 1.77. The molecule has 1 N–H and O–H groups in total. The maximum Gasteiger partial charge on any atom is 0.328 e. The Labute approximate surface area is 82.8 Å². The lowest BCUT2D eigenvalue weighted by Gasteiger charge is -2.21. The van der Waals surface area contributed by atoms with E-state index in [0.29, 0.717) is 19.8 Å². The number of rotatable bonds is 4. The van der Waals surface area contributed by atoms with Crippen LogP contribution in [-0.4, -0.2) is 37.0 Å². The number of carbonyl (C=O) groups is 1. The SMILES string of the molecule is O=C(O)/C=C/C=C/CC1COCCO1. The van der Waals surface area contributed by atoms with Crippen molar-refractivity contribution in [2.45, 2.75) is 12.5 Å². The molecule has 0 aromatic rings. The molecule has 1 saturated heterocycles. The van der Waals surface area contributed by atoms with Gasteiger partial charge in [0.05, 0.1) is 25.9 Å². The zero-order chi connectivity index (χ0) is 10.2. The standard InChI is InChI=1S/C10H14O4/c11-10(12)5-3-1-2-4-9-8-13-6-7-14-9/h1-3,5,9H,4,6-8H2,(H,11,12)/b2-1+,5-3+. The van der Waals surface area contributed by atoms with E-state index in [1.807, 2.05) is 6.08 Å². The van der Waals surface area contributed by atoms with E-state index in [0.717, 1.165) is 12.5 Å². The Balaban J connectivity index is 2.15. The third kappa shape index (κ3) is 4.79. The number of hydrogen-bond donors (Lipinski definition) is 1. The number of carboxylic acids is 1. The lowest BCUT2D eigenvalue weighted by atomic mass is 10.2. The molecule has 4 nitrogen and oxygen atoms in total. The molecule has 1 rings (SSSR count). The number of allylic oxidation sites excluding steroid dienone is 2. The van der Waals surface area contributed by atoms with Crippen molar-refractivity contribution >= 4 is 5.97 Å². The Bertz CT molecular complexity index is 226. The summed E-state index contributed by atoms with van der Waals surface area (Å²) < 4.78 is 10.6. The van der Waals surface area contributed by atoms with Crippen molar-refractivity contribution in [1.29, 1.82) is 0 Å². The second-order valence-corrected chi connectivity index (χ2v) is 2.93. The van der Waals surface area contributed by atoms with Gasteiger partial charge in [-0.1, -0.05) is 18.2 Å². The van der Waals surface area contributed by atoms with Crippen LogP contribution >= 0.6 is 0 Å². The second-order valence-electron chi connectivity index (χ2n) is 2.93. The number of ether oxygens (including phenoxy) is 2. The summed E-state index contributed by atoms with van der Waals surface area (Å²) in [6.45, 7) is 1.93. The summed E-state index contributed by atoms with van der Waals surface area (Å²) in [5.74, 6) is -0.938. The number of hydrogen-bond acceptors (Lipinski definition) is 3. The van der Waals surface area contributed by atoms with Crippen molar-refractivity contribution in [3.8, 4) is 0 Å². The molecule has 0 aromatic heterocycles. The first-order valence-corrected chi connectivity index (χ1v) is 4.54. The monoisotopic (exact) mass is 198 g/mol. The fraction of sp³-hybridized carbons (Fsp3) is 0.500. The highest BCUT2D eigenvalue weighted by molar-refractivity contribution is 5.80. The van der Waals surface area contributed by atoms with E-state index in [2.05, 4.69) is 0 Å². The number of aliphatic carboxylic acids is 1. The van der Waals surface area contributed by atoms with Crippen LogP contribution in [0.4, 0.5) is 0 Å². The molecule has 1 unspecified atom stereocenters. The van der Waals surface area contributed by atoms with Crippen LogP contribution in [0, 0.1) is 0 Å². The van der Waals surface area contributed by atoms with Crippen LogP contribution in [0.15, 0.2) is 24.3 Å². The predicted molar refractivity (Wildman–Crippen MR) is 51.1 cm³/mol. The van der Waals surface area contributed by atoms with Crippen molar-refractivity contribution in [3.63, 3.8) is 0 Å². The topological polar surface area (TPSA) is 55.8 Å². The third-order valence-electron chi connectivity index (χ3n) is 1.77. The molecule has 0 amide bonds. The maximum atomic E-state index is 10.1. The van der Waals surface area contributed by atoms with Crippen molar-refractivity contribution in [1.82, 2.24) is 0 Å². The summed E-state index contributed by atoms with van der Waals surface area (Å²) in [7, 11) is 0. The van der Waals surface area contributed by atoms with Crippen LogP contribution in [0.1, 0.15) is 6.42 Å². The van der Waals surface area contributed by atoms with Crippen LogP contribution in [0.2, 0.25) is 0 Å². The van der Waals surface area contributed by atoms with Crippen LogP contribution in [-0.2, 0) is 14.3 Å². The molecule has 4 heteroatoms. The highest BCUT2D eigenvalue weighted by atomic mass is 16.6. The van der Waals surface area contributed by atoms with Gasteiger partial charge >= 0.3 is 5.97 Å². The molecule has 1 heterocycles. The van der Waals surface area contributed by atoms with E-state index in [-0.39, 0.29) is 6.10 Å². The molecule has 0 radical (unpaired) electrons. The van der Waals surface area contributed by atoms with Gasteiger partial charge in [0, 0.05) is 6.08 Å². The minimum Gasteiger partial charge on any atom is -0.478 e. The van der Waals surface area contributed by atoms with Gasteiger partial charge in [-0.2, -0.15) is 0 Å². The maximum absolute atomic E-state index is 10.1. The zero-order valence-corrected chi connectivity index (χ0v) is 7.89. The molecule has 1 aliphatic heterocycles. The van der Waals surface area contributed by atoms with E-state index < -0.39 is 5.97 Å².